The average Bonchev–Trinajstić information content (AvgIpc) is 3.02. The van der Waals surface area contributed by atoms with Crippen molar-refractivity contribution >= 4 is 6.03 Å². The Labute approximate surface area is 140 Å². The highest BCUT2D eigenvalue weighted by Gasteiger charge is 2.45. The summed E-state index contributed by atoms with van der Waals surface area (Å²) in [7, 11) is 1.96. The molecule has 1 aromatic carbocycles. The van der Waals surface area contributed by atoms with Gasteiger partial charge in [0, 0.05) is 37.9 Å². The minimum absolute atomic E-state index is 0.0328. The van der Waals surface area contributed by atoms with E-state index in [1.165, 1.54) is 5.56 Å². The fourth-order valence-electron chi connectivity index (χ4n) is 3.10. The second kappa shape index (κ2) is 5.78. The summed E-state index contributed by atoms with van der Waals surface area (Å²) in [4.78, 5) is 12.0. The molecule has 1 aliphatic heterocycles. The number of nitrogens with zero attached hydrogens (tertiary/aromatic N) is 1. The molecule has 2 amide bonds. The van der Waals surface area contributed by atoms with Crippen LogP contribution < -0.4 is 20.1 Å². The average molecular weight is 327 g/mol. The predicted octanol–water partition coefficient (Wildman–Crippen LogP) is 2.28. The van der Waals surface area contributed by atoms with E-state index in [1.54, 1.807) is 0 Å². The van der Waals surface area contributed by atoms with Gasteiger partial charge in [0.1, 0.15) is 0 Å². The molecule has 1 aliphatic carbocycles. The van der Waals surface area contributed by atoms with E-state index in [1.807, 2.05) is 42.2 Å². The monoisotopic (exact) mass is 327 g/mol. The number of nitrogens with one attached hydrogen (secondary N) is 2. The lowest BCUT2D eigenvalue weighted by atomic mass is 9.95. The van der Waals surface area contributed by atoms with Crippen LogP contribution in [0.2, 0.25) is 0 Å². The lowest BCUT2D eigenvalue weighted by molar-refractivity contribution is 0.174. The maximum absolute atomic E-state index is 12.0. The molecule has 126 valence electrons. The van der Waals surface area contributed by atoms with E-state index in [-0.39, 0.29) is 18.2 Å². The molecule has 1 fully saturated rings. The molecule has 6 nitrogen and oxygen atoms in total. The third-order valence-electron chi connectivity index (χ3n) is 4.77. The first kappa shape index (κ1) is 14.9. The fourth-order valence-corrected chi connectivity index (χ4v) is 3.10. The zero-order valence-electron chi connectivity index (χ0n) is 13.7. The van der Waals surface area contributed by atoms with E-state index in [9.17, 15) is 4.79 Å². The molecule has 0 radical (unpaired) electrons. The smallest absolute Gasteiger partial charge is 0.315 e. The van der Waals surface area contributed by atoms with Crippen LogP contribution in [-0.4, -0.2) is 23.9 Å². The first-order valence-electron chi connectivity index (χ1n) is 8.17. The lowest BCUT2D eigenvalue weighted by Crippen LogP contribution is -2.39. The quantitative estimate of drug-likeness (QED) is 0.885. The van der Waals surface area contributed by atoms with Gasteiger partial charge in [-0.1, -0.05) is 6.07 Å². The first-order chi connectivity index (χ1) is 11.6. The zero-order valence-corrected chi connectivity index (χ0v) is 13.7. The molecule has 1 aromatic heterocycles. The maximum Gasteiger partial charge on any atom is 0.315 e. The number of carbonyl (C=O) groups excluding carboxylic acids is 1. The van der Waals surface area contributed by atoms with Crippen LogP contribution in [0.4, 0.5) is 4.79 Å². The highest BCUT2D eigenvalue weighted by molar-refractivity contribution is 5.74. The molecule has 2 aliphatic rings. The summed E-state index contributed by atoms with van der Waals surface area (Å²) < 4.78 is 12.8. The summed E-state index contributed by atoms with van der Waals surface area (Å²) in [5.74, 6) is 1.59. The van der Waals surface area contributed by atoms with E-state index in [0.717, 1.165) is 29.9 Å². The van der Waals surface area contributed by atoms with Gasteiger partial charge in [0.05, 0.1) is 0 Å². The van der Waals surface area contributed by atoms with Gasteiger partial charge in [-0.3, -0.25) is 0 Å². The van der Waals surface area contributed by atoms with E-state index in [0.29, 0.717) is 13.1 Å². The summed E-state index contributed by atoms with van der Waals surface area (Å²) >= 11 is 0. The SMILES string of the molecule is Cn1ccc(CNC(=O)NCC2(c3ccc4c(c3)OCO4)CC2)c1. The van der Waals surface area contributed by atoms with Crippen LogP contribution in [0.3, 0.4) is 0 Å². The van der Waals surface area contributed by atoms with Crippen LogP contribution >= 0.6 is 0 Å². The molecule has 6 heteroatoms. The van der Waals surface area contributed by atoms with Crippen LogP contribution in [0, 0.1) is 0 Å². The highest BCUT2D eigenvalue weighted by atomic mass is 16.7. The lowest BCUT2D eigenvalue weighted by Gasteiger charge is -2.17. The van der Waals surface area contributed by atoms with Gasteiger partial charge in [0.2, 0.25) is 6.79 Å². The molecular weight excluding hydrogens is 306 g/mol. The van der Waals surface area contributed by atoms with Crippen LogP contribution in [0.15, 0.2) is 36.7 Å². The number of ether oxygens (including phenoxy) is 2. The summed E-state index contributed by atoms with van der Waals surface area (Å²) in [6.45, 7) is 1.45. The maximum atomic E-state index is 12.0. The molecule has 0 bridgehead atoms. The second-order valence-electron chi connectivity index (χ2n) is 6.57. The van der Waals surface area contributed by atoms with Gasteiger partial charge in [-0.2, -0.15) is 0 Å². The third-order valence-corrected chi connectivity index (χ3v) is 4.77. The van der Waals surface area contributed by atoms with Crippen LogP contribution in [-0.2, 0) is 19.0 Å². The topological polar surface area (TPSA) is 64.5 Å². The molecule has 1 saturated carbocycles. The highest BCUT2D eigenvalue weighted by Crippen LogP contribution is 2.49. The van der Waals surface area contributed by atoms with Gasteiger partial charge in [-0.05, 0) is 42.2 Å². The van der Waals surface area contributed by atoms with Crippen LogP contribution in [0.25, 0.3) is 0 Å². The van der Waals surface area contributed by atoms with Gasteiger partial charge in [0.25, 0.3) is 0 Å². The van der Waals surface area contributed by atoms with Crippen molar-refractivity contribution in [2.45, 2.75) is 24.8 Å². The minimum Gasteiger partial charge on any atom is -0.454 e. The molecule has 0 saturated heterocycles. The summed E-state index contributed by atoms with van der Waals surface area (Å²) in [6, 6.07) is 7.93. The van der Waals surface area contributed by atoms with Gasteiger partial charge in [-0.15, -0.1) is 0 Å². The number of fused-ring (bicyclic) bond motifs is 1. The number of aryl methyl sites for hydroxylation is 1. The predicted molar refractivity (Wildman–Crippen MR) is 89.1 cm³/mol. The number of hydrogen-bond acceptors (Lipinski definition) is 3. The molecule has 0 atom stereocenters. The first-order valence-corrected chi connectivity index (χ1v) is 8.17. The third kappa shape index (κ3) is 2.91. The normalized spacial score (nSPS) is 16.7. The summed E-state index contributed by atoms with van der Waals surface area (Å²) in [5, 5.41) is 5.90. The summed E-state index contributed by atoms with van der Waals surface area (Å²) in [5.41, 5.74) is 2.32. The molecular formula is C18H21N3O3. The zero-order chi connectivity index (χ0) is 16.6. The van der Waals surface area contributed by atoms with Crippen molar-refractivity contribution in [1.29, 1.82) is 0 Å². The Morgan fingerprint density at radius 1 is 1.21 bits per heavy atom. The van der Waals surface area contributed by atoms with Gasteiger partial charge >= 0.3 is 6.03 Å². The fraction of sp³-hybridized carbons (Fsp3) is 0.389. The van der Waals surface area contributed by atoms with Gasteiger partial charge in [0.15, 0.2) is 11.5 Å². The van der Waals surface area contributed by atoms with E-state index in [2.05, 4.69) is 16.7 Å². The number of benzene rings is 1. The molecule has 2 aromatic rings. The number of hydrogen-bond donors (Lipinski definition) is 2. The Balaban J connectivity index is 1.32. The van der Waals surface area contributed by atoms with Crippen molar-refractivity contribution in [2.75, 3.05) is 13.3 Å². The Bertz CT molecular complexity index is 765. The van der Waals surface area contributed by atoms with E-state index >= 15 is 0 Å². The molecule has 2 N–H and O–H groups in total. The molecule has 2 heterocycles. The molecule has 4 rings (SSSR count). The number of amides is 2. The van der Waals surface area contributed by atoms with Gasteiger partial charge in [-0.25, -0.2) is 4.79 Å². The number of rotatable bonds is 5. The van der Waals surface area contributed by atoms with Crippen LogP contribution in [0.1, 0.15) is 24.0 Å². The van der Waals surface area contributed by atoms with Crippen LogP contribution in [0.5, 0.6) is 11.5 Å². The standard InChI is InChI=1S/C18H21N3O3/c1-21-7-4-13(10-21)9-19-17(22)20-11-18(5-6-18)14-2-3-15-16(8-14)24-12-23-15/h2-4,7-8,10H,5-6,9,11-12H2,1H3,(H2,19,20,22). The Kier molecular flexibility index (Phi) is 3.59. The van der Waals surface area contributed by atoms with E-state index < -0.39 is 0 Å². The Morgan fingerprint density at radius 3 is 2.79 bits per heavy atom. The largest absolute Gasteiger partial charge is 0.454 e. The van der Waals surface area contributed by atoms with Crippen molar-refractivity contribution in [3.63, 3.8) is 0 Å². The van der Waals surface area contributed by atoms with Crippen molar-refractivity contribution in [2.24, 2.45) is 7.05 Å². The number of aromatic nitrogens is 1. The molecule has 24 heavy (non-hydrogen) atoms. The number of urea groups is 1. The van der Waals surface area contributed by atoms with Crippen molar-refractivity contribution < 1.29 is 14.3 Å². The van der Waals surface area contributed by atoms with E-state index in [4.69, 9.17) is 9.47 Å². The van der Waals surface area contributed by atoms with Crippen molar-refractivity contribution in [1.82, 2.24) is 15.2 Å². The Morgan fingerprint density at radius 2 is 2.04 bits per heavy atom. The molecule has 0 unspecified atom stereocenters. The van der Waals surface area contributed by atoms with Crippen molar-refractivity contribution in [3.05, 3.63) is 47.8 Å². The van der Waals surface area contributed by atoms with Gasteiger partial charge < -0.3 is 24.7 Å². The number of carbonyl (C=O) groups is 1. The Hall–Kier alpha value is -2.63. The summed E-state index contributed by atoms with van der Waals surface area (Å²) in [6.07, 6.45) is 6.11. The minimum atomic E-state index is -0.133. The second-order valence-corrected chi connectivity index (χ2v) is 6.57. The molecule has 0 spiro atoms. The van der Waals surface area contributed by atoms with Crippen molar-refractivity contribution in [3.8, 4) is 11.5 Å².